The van der Waals surface area contributed by atoms with Gasteiger partial charge in [-0.1, -0.05) is 11.6 Å². The van der Waals surface area contributed by atoms with Crippen LogP contribution in [-0.2, 0) is 6.54 Å². The summed E-state index contributed by atoms with van der Waals surface area (Å²) in [5, 5.41) is 11.9. The largest absolute Gasteiger partial charge is 0.379 e. The summed E-state index contributed by atoms with van der Waals surface area (Å²) in [5.41, 5.74) is 1.06. The Kier molecular flexibility index (Phi) is 3.98. The van der Waals surface area contributed by atoms with Crippen LogP contribution in [0.2, 0.25) is 5.02 Å². The molecule has 2 aromatic carbocycles. The monoisotopic (exact) mass is 278 g/mol. The van der Waals surface area contributed by atoms with Gasteiger partial charge in [-0.2, -0.15) is 5.26 Å². The molecule has 0 aromatic heterocycles. The van der Waals surface area contributed by atoms with Gasteiger partial charge >= 0.3 is 0 Å². The smallest absolute Gasteiger partial charge is 0.147 e. The molecule has 0 radical (unpaired) electrons. The molecule has 0 saturated heterocycles. The van der Waals surface area contributed by atoms with E-state index in [0.29, 0.717) is 10.6 Å². The summed E-state index contributed by atoms with van der Waals surface area (Å²) in [5.74, 6) is -0.975. The number of rotatable bonds is 3. The summed E-state index contributed by atoms with van der Waals surface area (Å²) in [6.07, 6.45) is 0. The lowest BCUT2D eigenvalue weighted by Gasteiger charge is -2.08. The zero-order valence-electron chi connectivity index (χ0n) is 9.75. The Morgan fingerprint density at radius 3 is 2.63 bits per heavy atom. The van der Waals surface area contributed by atoms with Gasteiger partial charge in [-0.3, -0.25) is 0 Å². The van der Waals surface area contributed by atoms with E-state index in [0.717, 1.165) is 6.07 Å². The second-order valence-corrected chi connectivity index (χ2v) is 4.37. The number of nitrogens with zero attached hydrogens (tertiary/aromatic N) is 1. The van der Waals surface area contributed by atoms with Crippen LogP contribution in [0.3, 0.4) is 0 Å². The van der Waals surface area contributed by atoms with Crippen molar-refractivity contribution in [1.29, 1.82) is 5.26 Å². The van der Waals surface area contributed by atoms with Crippen LogP contribution in [0, 0.1) is 23.0 Å². The van der Waals surface area contributed by atoms with Gasteiger partial charge in [0, 0.05) is 11.6 Å². The van der Waals surface area contributed by atoms with Gasteiger partial charge in [0.1, 0.15) is 11.6 Å². The van der Waals surface area contributed by atoms with Gasteiger partial charge in [-0.25, -0.2) is 8.78 Å². The summed E-state index contributed by atoms with van der Waals surface area (Å²) in [6.45, 7) is 0.213. The average molecular weight is 279 g/mol. The average Bonchev–Trinajstić information content (AvgIpc) is 2.37. The molecule has 0 aliphatic heterocycles. The minimum atomic E-state index is -0.493. The zero-order valence-corrected chi connectivity index (χ0v) is 10.5. The van der Waals surface area contributed by atoms with Crippen molar-refractivity contribution in [2.24, 2.45) is 0 Å². The lowest BCUT2D eigenvalue weighted by atomic mass is 10.1. The summed E-state index contributed by atoms with van der Waals surface area (Å²) in [6, 6.07) is 10.1. The molecule has 0 fully saturated rings. The highest BCUT2D eigenvalue weighted by atomic mass is 35.5. The van der Waals surface area contributed by atoms with Crippen LogP contribution in [0.5, 0.6) is 0 Å². The molecule has 0 atom stereocenters. The molecule has 5 heteroatoms. The molecule has 0 saturated carbocycles. The number of anilines is 1. The molecule has 0 amide bonds. The van der Waals surface area contributed by atoms with Gasteiger partial charge in [0.2, 0.25) is 0 Å². The van der Waals surface area contributed by atoms with Crippen molar-refractivity contribution >= 4 is 17.3 Å². The second kappa shape index (κ2) is 5.68. The number of benzene rings is 2. The molecule has 2 aromatic rings. The standard InChI is InChI=1S/C14H9ClF2N2/c15-11-1-2-14(13(17)6-11)19-8-10-3-9(7-18)4-12(16)5-10/h1-6,19H,8H2. The molecule has 0 aliphatic carbocycles. The first-order valence-electron chi connectivity index (χ1n) is 5.47. The fourth-order valence-electron chi connectivity index (χ4n) is 1.65. The van der Waals surface area contributed by atoms with Crippen molar-refractivity contribution < 1.29 is 8.78 Å². The fraction of sp³-hybridized carbons (Fsp3) is 0.0714. The van der Waals surface area contributed by atoms with Crippen molar-refractivity contribution in [2.75, 3.05) is 5.32 Å². The van der Waals surface area contributed by atoms with Crippen LogP contribution in [0.25, 0.3) is 0 Å². The number of halogens is 3. The predicted molar refractivity (Wildman–Crippen MR) is 69.9 cm³/mol. The van der Waals surface area contributed by atoms with E-state index in [1.165, 1.54) is 18.2 Å². The molecule has 1 N–H and O–H groups in total. The number of nitrogens with one attached hydrogen (secondary N) is 1. The van der Waals surface area contributed by atoms with Gasteiger partial charge in [0.25, 0.3) is 0 Å². The topological polar surface area (TPSA) is 35.8 Å². The molecule has 0 heterocycles. The van der Waals surface area contributed by atoms with E-state index in [9.17, 15) is 8.78 Å². The third-order valence-electron chi connectivity index (χ3n) is 2.50. The lowest BCUT2D eigenvalue weighted by molar-refractivity contribution is 0.624. The molecule has 0 spiro atoms. The van der Waals surface area contributed by atoms with Gasteiger partial charge in [-0.05, 0) is 42.0 Å². The summed E-state index contributed by atoms with van der Waals surface area (Å²) >= 11 is 5.64. The Morgan fingerprint density at radius 2 is 1.95 bits per heavy atom. The van der Waals surface area contributed by atoms with Crippen LogP contribution in [0.4, 0.5) is 14.5 Å². The second-order valence-electron chi connectivity index (χ2n) is 3.94. The molecule has 2 rings (SSSR count). The zero-order chi connectivity index (χ0) is 13.8. The molecule has 0 unspecified atom stereocenters. The Labute approximate surface area is 114 Å². The summed E-state index contributed by atoms with van der Waals surface area (Å²) in [4.78, 5) is 0. The number of hydrogen-bond acceptors (Lipinski definition) is 2. The van der Waals surface area contributed by atoms with E-state index in [1.54, 1.807) is 12.1 Å². The molecule has 0 bridgehead atoms. The first-order valence-corrected chi connectivity index (χ1v) is 5.85. The van der Waals surface area contributed by atoms with Crippen molar-refractivity contribution in [3.63, 3.8) is 0 Å². The SMILES string of the molecule is N#Cc1cc(F)cc(CNc2ccc(Cl)cc2F)c1. The molecular formula is C14H9ClF2N2. The highest BCUT2D eigenvalue weighted by Gasteiger charge is 2.04. The predicted octanol–water partition coefficient (Wildman–Crippen LogP) is 4.10. The Bertz CT molecular complexity index is 650. The quantitative estimate of drug-likeness (QED) is 0.917. The van der Waals surface area contributed by atoms with E-state index in [-0.39, 0.29) is 17.8 Å². The van der Waals surface area contributed by atoms with E-state index in [2.05, 4.69) is 5.32 Å². The molecule has 2 nitrogen and oxygen atoms in total. The third kappa shape index (κ3) is 3.43. The van der Waals surface area contributed by atoms with E-state index in [4.69, 9.17) is 16.9 Å². The minimum Gasteiger partial charge on any atom is -0.379 e. The summed E-state index contributed by atoms with van der Waals surface area (Å²) in [7, 11) is 0. The van der Waals surface area contributed by atoms with Crippen LogP contribution < -0.4 is 5.32 Å². The van der Waals surface area contributed by atoms with Crippen LogP contribution >= 0.6 is 11.6 Å². The van der Waals surface area contributed by atoms with Gasteiger partial charge in [0.05, 0.1) is 17.3 Å². The van der Waals surface area contributed by atoms with Crippen LogP contribution in [0.15, 0.2) is 36.4 Å². The maximum absolute atomic E-state index is 13.5. The molecule has 19 heavy (non-hydrogen) atoms. The molecule has 96 valence electrons. The maximum atomic E-state index is 13.5. The van der Waals surface area contributed by atoms with Crippen LogP contribution in [0.1, 0.15) is 11.1 Å². The third-order valence-corrected chi connectivity index (χ3v) is 2.74. The first-order chi connectivity index (χ1) is 9.08. The van der Waals surface area contributed by atoms with E-state index >= 15 is 0 Å². The van der Waals surface area contributed by atoms with Crippen molar-refractivity contribution in [1.82, 2.24) is 0 Å². The first kappa shape index (κ1) is 13.3. The highest BCUT2D eigenvalue weighted by molar-refractivity contribution is 6.30. The van der Waals surface area contributed by atoms with E-state index in [1.807, 2.05) is 6.07 Å². The number of nitriles is 1. The normalized spacial score (nSPS) is 10.0. The molecule has 0 aliphatic rings. The molecular weight excluding hydrogens is 270 g/mol. The number of hydrogen-bond donors (Lipinski definition) is 1. The minimum absolute atomic E-state index is 0.213. The Morgan fingerprint density at radius 1 is 1.16 bits per heavy atom. The van der Waals surface area contributed by atoms with Gasteiger partial charge in [-0.15, -0.1) is 0 Å². The van der Waals surface area contributed by atoms with Gasteiger partial charge < -0.3 is 5.32 Å². The Balaban J connectivity index is 2.14. The highest BCUT2D eigenvalue weighted by Crippen LogP contribution is 2.20. The van der Waals surface area contributed by atoms with Crippen molar-refractivity contribution in [2.45, 2.75) is 6.54 Å². The summed E-state index contributed by atoms with van der Waals surface area (Å²) < 4.78 is 26.7. The van der Waals surface area contributed by atoms with Crippen molar-refractivity contribution in [3.8, 4) is 6.07 Å². The van der Waals surface area contributed by atoms with Crippen LogP contribution in [-0.4, -0.2) is 0 Å². The maximum Gasteiger partial charge on any atom is 0.147 e. The van der Waals surface area contributed by atoms with Gasteiger partial charge in [0.15, 0.2) is 0 Å². The fourth-order valence-corrected chi connectivity index (χ4v) is 1.81. The van der Waals surface area contributed by atoms with E-state index < -0.39 is 11.6 Å². The lowest BCUT2D eigenvalue weighted by Crippen LogP contribution is -2.02. The van der Waals surface area contributed by atoms with Crippen molar-refractivity contribution in [3.05, 3.63) is 64.2 Å². The Hall–Kier alpha value is -2.12.